The Hall–Kier alpha value is -1.17. The predicted molar refractivity (Wildman–Crippen MR) is 82.2 cm³/mol. The summed E-state index contributed by atoms with van der Waals surface area (Å²) in [5.74, 6) is -0.140. The number of aliphatic hydroxyl groups excluding tert-OH is 1. The summed E-state index contributed by atoms with van der Waals surface area (Å²) in [6, 6.07) is 4.12. The molecule has 1 fully saturated rings. The van der Waals surface area contributed by atoms with E-state index in [0.717, 1.165) is 32.5 Å². The third-order valence-electron chi connectivity index (χ3n) is 3.94. The van der Waals surface area contributed by atoms with E-state index in [-0.39, 0.29) is 17.5 Å². The lowest BCUT2D eigenvalue weighted by Crippen LogP contribution is -2.29. The van der Waals surface area contributed by atoms with Crippen molar-refractivity contribution < 1.29 is 19.0 Å². The first-order chi connectivity index (χ1) is 10.6. The van der Waals surface area contributed by atoms with Crippen molar-refractivity contribution in [2.24, 2.45) is 5.92 Å². The van der Waals surface area contributed by atoms with Gasteiger partial charge in [0.05, 0.1) is 11.1 Å². The number of rotatable bonds is 6. The molecular formula is C16H21ClFNO3. The van der Waals surface area contributed by atoms with Gasteiger partial charge < -0.3 is 15.2 Å². The van der Waals surface area contributed by atoms with Crippen LogP contribution in [0.15, 0.2) is 18.2 Å². The standard InChI is InChI=1S/C16H21ClFNO3/c17-13-3-2-12(9-14(13)18)15(20)10-19-16(21)4-1-11-5-7-22-8-6-11/h2-3,9,11,15,20H,1,4-8,10H2,(H,19,21). The lowest BCUT2D eigenvalue weighted by Gasteiger charge is -2.21. The van der Waals surface area contributed by atoms with Crippen LogP contribution in [0.2, 0.25) is 5.02 Å². The molecule has 1 aliphatic rings. The van der Waals surface area contributed by atoms with Crippen molar-refractivity contribution in [2.75, 3.05) is 19.8 Å². The Morgan fingerprint density at radius 2 is 2.18 bits per heavy atom. The monoisotopic (exact) mass is 329 g/mol. The van der Waals surface area contributed by atoms with E-state index in [1.807, 2.05) is 0 Å². The van der Waals surface area contributed by atoms with E-state index in [2.05, 4.69) is 5.32 Å². The van der Waals surface area contributed by atoms with Gasteiger partial charge >= 0.3 is 0 Å². The number of aliphatic hydroxyl groups is 1. The maximum atomic E-state index is 13.3. The predicted octanol–water partition coefficient (Wildman–Crippen LogP) is 2.84. The average Bonchev–Trinajstić information content (AvgIpc) is 2.54. The van der Waals surface area contributed by atoms with E-state index in [1.165, 1.54) is 12.1 Å². The third kappa shape index (κ3) is 5.23. The lowest BCUT2D eigenvalue weighted by atomic mass is 9.95. The molecule has 0 radical (unpaired) electrons. The summed E-state index contributed by atoms with van der Waals surface area (Å²) in [4.78, 5) is 11.8. The summed E-state index contributed by atoms with van der Waals surface area (Å²) in [6.45, 7) is 1.61. The summed E-state index contributed by atoms with van der Waals surface area (Å²) in [5.41, 5.74) is 0.395. The van der Waals surface area contributed by atoms with E-state index in [9.17, 15) is 14.3 Å². The molecule has 0 aromatic heterocycles. The van der Waals surface area contributed by atoms with Crippen molar-refractivity contribution in [3.05, 3.63) is 34.6 Å². The van der Waals surface area contributed by atoms with Gasteiger partial charge in [0.15, 0.2) is 0 Å². The Morgan fingerprint density at radius 3 is 2.86 bits per heavy atom. The van der Waals surface area contributed by atoms with Crippen molar-refractivity contribution in [2.45, 2.75) is 31.8 Å². The number of carbonyl (C=O) groups excluding carboxylic acids is 1. The zero-order chi connectivity index (χ0) is 15.9. The number of halogens is 2. The molecular weight excluding hydrogens is 309 g/mol. The van der Waals surface area contributed by atoms with Crippen LogP contribution in [0.25, 0.3) is 0 Å². The van der Waals surface area contributed by atoms with Crippen LogP contribution < -0.4 is 5.32 Å². The smallest absolute Gasteiger partial charge is 0.220 e. The summed E-state index contributed by atoms with van der Waals surface area (Å²) >= 11 is 5.59. The highest BCUT2D eigenvalue weighted by atomic mass is 35.5. The summed E-state index contributed by atoms with van der Waals surface area (Å²) in [5, 5.41) is 12.7. The zero-order valence-electron chi connectivity index (χ0n) is 12.4. The molecule has 1 atom stereocenters. The summed E-state index contributed by atoms with van der Waals surface area (Å²) in [7, 11) is 0. The van der Waals surface area contributed by atoms with Gasteiger partial charge in [0.25, 0.3) is 0 Å². The minimum Gasteiger partial charge on any atom is -0.387 e. The Balaban J connectivity index is 1.71. The second kappa shape index (κ2) is 8.46. The molecule has 122 valence electrons. The van der Waals surface area contributed by atoms with E-state index >= 15 is 0 Å². The molecule has 0 saturated carbocycles. The van der Waals surface area contributed by atoms with Crippen molar-refractivity contribution in [3.8, 4) is 0 Å². The quantitative estimate of drug-likeness (QED) is 0.843. The Kier molecular flexibility index (Phi) is 6.61. The Morgan fingerprint density at radius 1 is 1.45 bits per heavy atom. The van der Waals surface area contributed by atoms with Gasteiger partial charge in [0, 0.05) is 26.2 Å². The maximum Gasteiger partial charge on any atom is 0.220 e. The van der Waals surface area contributed by atoms with E-state index < -0.39 is 11.9 Å². The van der Waals surface area contributed by atoms with E-state index in [0.29, 0.717) is 17.9 Å². The van der Waals surface area contributed by atoms with Crippen LogP contribution >= 0.6 is 11.6 Å². The number of hydrogen-bond donors (Lipinski definition) is 2. The van der Waals surface area contributed by atoms with Crippen LogP contribution in [0.5, 0.6) is 0 Å². The molecule has 1 heterocycles. The molecule has 0 aliphatic carbocycles. The topological polar surface area (TPSA) is 58.6 Å². The second-order valence-corrected chi connectivity index (χ2v) is 6.00. The number of benzene rings is 1. The number of ether oxygens (including phenoxy) is 1. The number of carbonyl (C=O) groups is 1. The zero-order valence-corrected chi connectivity index (χ0v) is 13.1. The molecule has 0 bridgehead atoms. The van der Waals surface area contributed by atoms with Gasteiger partial charge in [-0.2, -0.15) is 0 Å². The molecule has 1 aromatic rings. The van der Waals surface area contributed by atoms with Crippen LogP contribution in [0.3, 0.4) is 0 Å². The van der Waals surface area contributed by atoms with Gasteiger partial charge in [-0.25, -0.2) is 4.39 Å². The molecule has 1 aromatic carbocycles. The molecule has 4 nitrogen and oxygen atoms in total. The SMILES string of the molecule is O=C(CCC1CCOCC1)NCC(O)c1ccc(Cl)c(F)c1. The van der Waals surface area contributed by atoms with Crippen molar-refractivity contribution in [1.82, 2.24) is 5.32 Å². The molecule has 1 saturated heterocycles. The number of hydrogen-bond acceptors (Lipinski definition) is 3. The molecule has 2 rings (SSSR count). The van der Waals surface area contributed by atoms with Gasteiger partial charge in [-0.1, -0.05) is 17.7 Å². The van der Waals surface area contributed by atoms with Gasteiger partial charge in [0.1, 0.15) is 5.82 Å². The first-order valence-corrected chi connectivity index (χ1v) is 7.91. The van der Waals surface area contributed by atoms with E-state index in [4.69, 9.17) is 16.3 Å². The van der Waals surface area contributed by atoms with Crippen LogP contribution in [-0.2, 0) is 9.53 Å². The summed E-state index contributed by atoms with van der Waals surface area (Å²) in [6.07, 6.45) is 2.33. The van der Waals surface area contributed by atoms with Crippen molar-refractivity contribution >= 4 is 17.5 Å². The summed E-state index contributed by atoms with van der Waals surface area (Å²) < 4.78 is 18.6. The normalized spacial score (nSPS) is 17.2. The molecule has 6 heteroatoms. The van der Waals surface area contributed by atoms with Gasteiger partial charge in [0.2, 0.25) is 5.91 Å². The highest BCUT2D eigenvalue weighted by Gasteiger charge is 2.16. The highest BCUT2D eigenvalue weighted by Crippen LogP contribution is 2.21. The molecule has 1 aliphatic heterocycles. The highest BCUT2D eigenvalue weighted by molar-refractivity contribution is 6.30. The largest absolute Gasteiger partial charge is 0.387 e. The lowest BCUT2D eigenvalue weighted by molar-refractivity contribution is -0.122. The van der Waals surface area contributed by atoms with Crippen LogP contribution in [0.1, 0.15) is 37.4 Å². The minimum absolute atomic E-state index is 0.0106. The first kappa shape index (κ1) is 17.2. The van der Waals surface area contributed by atoms with Crippen LogP contribution in [-0.4, -0.2) is 30.8 Å². The van der Waals surface area contributed by atoms with E-state index in [1.54, 1.807) is 6.07 Å². The fourth-order valence-electron chi connectivity index (χ4n) is 2.51. The Bertz CT molecular complexity index is 506. The van der Waals surface area contributed by atoms with Crippen molar-refractivity contribution in [1.29, 1.82) is 0 Å². The molecule has 2 N–H and O–H groups in total. The fraction of sp³-hybridized carbons (Fsp3) is 0.562. The van der Waals surface area contributed by atoms with Crippen molar-refractivity contribution in [3.63, 3.8) is 0 Å². The average molecular weight is 330 g/mol. The van der Waals surface area contributed by atoms with Crippen LogP contribution in [0, 0.1) is 11.7 Å². The number of amides is 1. The minimum atomic E-state index is -0.946. The molecule has 22 heavy (non-hydrogen) atoms. The first-order valence-electron chi connectivity index (χ1n) is 7.53. The fourth-order valence-corrected chi connectivity index (χ4v) is 2.62. The molecule has 0 spiro atoms. The maximum absolute atomic E-state index is 13.3. The van der Waals surface area contributed by atoms with Gasteiger partial charge in [-0.05, 0) is 42.9 Å². The van der Waals surface area contributed by atoms with Gasteiger partial charge in [-0.3, -0.25) is 4.79 Å². The second-order valence-electron chi connectivity index (χ2n) is 5.59. The molecule has 1 unspecified atom stereocenters. The molecule has 1 amide bonds. The number of nitrogens with one attached hydrogen (secondary N) is 1. The third-order valence-corrected chi connectivity index (χ3v) is 4.25. The Labute approximate surface area is 134 Å². The van der Waals surface area contributed by atoms with Gasteiger partial charge in [-0.15, -0.1) is 0 Å². The van der Waals surface area contributed by atoms with Crippen LogP contribution in [0.4, 0.5) is 4.39 Å².